The zero-order chi connectivity index (χ0) is 20.7. The largest absolute Gasteiger partial charge is 0.496 e. The molecule has 2 atom stereocenters. The molecule has 156 valence electrons. The molecule has 0 aliphatic carbocycles. The van der Waals surface area contributed by atoms with Gasteiger partial charge >= 0.3 is 0 Å². The third kappa shape index (κ3) is 3.80. The average Bonchev–Trinajstić information content (AvgIpc) is 3.28. The summed E-state index contributed by atoms with van der Waals surface area (Å²) in [5.41, 5.74) is 1.30. The Balaban J connectivity index is 1.25. The van der Waals surface area contributed by atoms with Gasteiger partial charge in [0, 0.05) is 35.9 Å². The van der Waals surface area contributed by atoms with Crippen LogP contribution in [0.15, 0.2) is 42.6 Å². The van der Waals surface area contributed by atoms with E-state index in [2.05, 4.69) is 27.3 Å². The Morgan fingerprint density at radius 2 is 1.97 bits per heavy atom. The maximum atomic E-state index is 12.9. The van der Waals surface area contributed by atoms with Crippen LogP contribution in [0.4, 0.5) is 0 Å². The van der Waals surface area contributed by atoms with Crippen molar-refractivity contribution in [1.82, 2.24) is 15.2 Å². The van der Waals surface area contributed by atoms with E-state index in [1.807, 2.05) is 24.3 Å². The molecular formula is C23H24ClN3O2S. The van der Waals surface area contributed by atoms with Crippen molar-refractivity contribution in [1.29, 1.82) is 0 Å². The number of rotatable bonds is 5. The first-order valence-electron chi connectivity index (χ1n) is 10.3. The highest BCUT2D eigenvalue weighted by atomic mass is 35.5. The van der Waals surface area contributed by atoms with Crippen LogP contribution >= 0.6 is 22.9 Å². The molecule has 5 nitrogen and oxygen atoms in total. The number of nitrogens with one attached hydrogen (secondary N) is 1. The number of piperidine rings is 1. The SMILES string of the molecule is COc1ccnc2sc(C(=O)NC3CC4CCC(C3)N4Cc3ccc(Cl)cc3)cc12. The first-order chi connectivity index (χ1) is 14.6. The fourth-order valence-corrected chi connectivity index (χ4v) is 5.96. The predicted molar refractivity (Wildman–Crippen MR) is 120 cm³/mol. The number of methoxy groups -OCH3 is 1. The van der Waals surface area contributed by atoms with E-state index in [0.717, 1.165) is 40.4 Å². The van der Waals surface area contributed by atoms with Gasteiger partial charge in [0.25, 0.3) is 5.91 Å². The third-order valence-electron chi connectivity index (χ3n) is 6.34. The van der Waals surface area contributed by atoms with E-state index in [9.17, 15) is 4.79 Å². The second kappa shape index (κ2) is 8.17. The highest BCUT2D eigenvalue weighted by Gasteiger charge is 2.41. The number of aromatic nitrogens is 1. The minimum absolute atomic E-state index is 0.00407. The van der Waals surface area contributed by atoms with E-state index in [0.29, 0.717) is 17.0 Å². The van der Waals surface area contributed by atoms with Crippen LogP contribution in [-0.4, -0.2) is 41.0 Å². The molecule has 4 heterocycles. The normalized spacial score (nSPS) is 23.6. The van der Waals surface area contributed by atoms with E-state index in [4.69, 9.17) is 16.3 Å². The van der Waals surface area contributed by atoms with Gasteiger partial charge in [0.2, 0.25) is 0 Å². The Kier molecular flexibility index (Phi) is 5.39. The summed E-state index contributed by atoms with van der Waals surface area (Å²) in [7, 11) is 1.64. The zero-order valence-corrected chi connectivity index (χ0v) is 18.4. The van der Waals surface area contributed by atoms with Crippen molar-refractivity contribution < 1.29 is 9.53 Å². The van der Waals surface area contributed by atoms with Crippen molar-refractivity contribution in [2.45, 2.75) is 50.4 Å². The summed E-state index contributed by atoms with van der Waals surface area (Å²) < 4.78 is 5.40. The molecule has 30 heavy (non-hydrogen) atoms. The Labute approximate surface area is 185 Å². The van der Waals surface area contributed by atoms with Crippen LogP contribution in [-0.2, 0) is 6.54 Å². The number of benzene rings is 1. The van der Waals surface area contributed by atoms with Gasteiger partial charge in [-0.05, 0) is 55.5 Å². The summed E-state index contributed by atoms with van der Waals surface area (Å²) in [5, 5.41) is 4.96. The molecule has 2 aliphatic heterocycles. The van der Waals surface area contributed by atoms with Gasteiger partial charge in [0.15, 0.2) is 0 Å². The molecule has 2 bridgehead atoms. The molecule has 2 fully saturated rings. The van der Waals surface area contributed by atoms with E-state index in [1.54, 1.807) is 13.3 Å². The van der Waals surface area contributed by atoms with Gasteiger partial charge in [-0.1, -0.05) is 23.7 Å². The lowest BCUT2D eigenvalue weighted by atomic mass is 9.96. The van der Waals surface area contributed by atoms with Gasteiger partial charge in [-0.2, -0.15) is 0 Å². The van der Waals surface area contributed by atoms with Gasteiger partial charge in [-0.15, -0.1) is 11.3 Å². The van der Waals surface area contributed by atoms with Crippen molar-refractivity contribution in [2.24, 2.45) is 0 Å². The number of amides is 1. The minimum atomic E-state index is -0.00407. The molecule has 0 radical (unpaired) electrons. The number of fused-ring (bicyclic) bond motifs is 3. The van der Waals surface area contributed by atoms with Crippen LogP contribution in [0.3, 0.4) is 0 Å². The lowest BCUT2D eigenvalue weighted by Gasteiger charge is -2.39. The van der Waals surface area contributed by atoms with Crippen LogP contribution < -0.4 is 10.1 Å². The smallest absolute Gasteiger partial charge is 0.261 e. The lowest BCUT2D eigenvalue weighted by molar-refractivity contribution is 0.0831. The fourth-order valence-electron chi connectivity index (χ4n) is 4.91. The average molecular weight is 442 g/mol. The van der Waals surface area contributed by atoms with Gasteiger partial charge < -0.3 is 10.1 Å². The Morgan fingerprint density at radius 1 is 1.23 bits per heavy atom. The number of hydrogen-bond donors (Lipinski definition) is 1. The quantitative estimate of drug-likeness (QED) is 0.612. The molecule has 2 saturated heterocycles. The number of pyridine rings is 1. The fraction of sp³-hybridized carbons (Fsp3) is 0.391. The van der Waals surface area contributed by atoms with Crippen molar-refractivity contribution >= 4 is 39.1 Å². The van der Waals surface area contributed by atoms with Crippen molar-refractivity contribution in [3.8, 4) is 5.75 Å². The second-order valence-electron chi connectivity index (χ2n) is 8.17. The second-order valence-corrected chi connectivity index (χ2v) is 9.64. The van der Waals surface area contributed by atoms with Crippen molar-refractivity contribution in [3.05, 3.63) is 58.1 Å². The molecule has 0 spiro atoms. The van der Waals surface area contributed by atoms with Crippen LogP contribution in [0, 0.1) is 0 Å². The minimum Gasteiger partial charge on any atom is -0.496 e. The zero-order valence-electron chi connectivity index (χ0n) is 16.8. The first kappa shape index (κ1) is 19.8. The summed E-state index contributed by atoms with van der Waals surface area (Å²) >= 11 is 7.44. The first-order valence-corrected chi connectivity index (χ1v) is 11.5. The predicted octanol–water partition coefficient (Wildman–Crippen LogP) is 4.88. The van der Waals surface area contributed by atoms with Gasteiger partial charge in [-0.3, -0.25) is 9.69 Å². The molecule has 1 amide bonds. The van der Waals surface area contributed by atoms with Crippen molar-refractivity contribution in [2.75, 3.05) is 7.11 Å². The summed E-state index contributed by atoms with van der Waals surface area (Å²) in [4.78, 5) is 21.4. The molecular weight excluding hydrogens is 418 g/mol. The molecule has 7 heteroatoms. The summed E-state index contributed by atoms with van der Waals surface area (Å²) in [6, 6.07) is 13.1. The number of nitrogens with zero attached hydrogens (tertiary/aromatic N) is 2. The van der Waals surface area contributed by atoms with E-state index < -0.39 is 0 Å². The van der Waals surface area contributed by atoms with Crippen molar-refractivity contribution in [3.63, 3.8) is 0 Å². The molecule has 5 rings (SSSR count). The Hall–Kier alpha value is -2.15. The summed E-state index contributed by atoms with van der Waals surface area (Å²) in [6.45, 7) is 0.953. The molecule has 1 aromatic carbocycles. The number of carbonyl (C=O) groups excluding carboxylic acids is 1. The number of ether oxygens (including phenoxy) is 1. The highest BCUT2D eigenvalue weighted by Crippen LogP contribution is 2.37. The van der Waals surface area contributed by atoms with Gasteiger partial charge in [-0.25, -0.2) is 4.98 Å². The van der Waals surface area contributed by atoms with Crippen LogP contribution in [0.1, 0.15) is 40.9 Å². The summed E-state index contributed by atoms with van der Waals surface area (Å²) in [5.74, 6) is 0.749. The third-order valence-corrected chi connectivity index (χ3v) is 7.63. The molecule has 2 aromatic heterocycles. The number of halogens is 1. The topological polar surface area (TPSA) is 54.5 Å². The van der Waals surface area contributed by atoms with Gasteiger partial charge in [0.1, 0.15) is 10.6 Å². The monoisotopic (exact) mass is 441 g/mol. The van der Waals surface area contributed by atoms with Crippen LogP contribution in [0.25, 0.3) is 10.2 Å². The molecule has 1 N–H and O–H groups in total. The standard InChI is InChI=1S/C23H24ClN3O2S/c1-29-20-8-9-25-23-19(20)12-21(30-23)22(28)26-16-10-17-6-7-18(11-16)27(17)13-14-2-4-15(24)5-3-14/h2-5,8-9,12,16-18H,6-7,10-11,13H2,1H3,(H,26,28). The van der Waals surface area contributed by atoms with Crippen LogP contribution in [0.2, 0.25) is 5.02 Å². The van der Waals surface area contributed by atoms with Gasteiger partial charge in [0.05, 0.1) is 17.4 Å². The Bertz CT molecular complexity index is 1050. The maximum Gasteiger partial charge on any atom is 0.261 e. The van der Waals surface area contributed by atoms with E-state index in [1.165, 1.54) is 29.7 Å². The summed E-state index contributed by atoms with van der Waals surface area (Å²) in [6.07, 6.45) is 6.13. The molecule has 2 unspecified atom stereocenters. The Morgan fingerprint density at radius 3 is 2.67 bits per heavy atom. The van der Waals surface area contributed by atoms with Crippen LogP contribution in [0.5, 0.6) is 5.75 Å². The number of thiophene rings is 1. The van der Waals surface area contributed by atoms with E-state index in [-0.39, 0.29) is 11.9 Å². The highest BCUT2D eigenvalue weighted by molar-refractivity contribution is 7.20. The number of carbonyl (C=O) groups is 1. The molecule has 3 aromatic rings. The lowest BCUT2D eigenvalue weighted by Crippen LogP contribution is -2.49. The molecule has 2 aliphatic rings. The number of hydrogen-bond acceptors (Lipinski definition) is 5. The molecule has 0 saturated carbocycles. The maximum absolute atomic E-state index is 12.9. The van der Waals surface area contributed by atoms with E-state index >= 15 is 0 Å².